The van der Waals surface area contributed by atoms with Crippen LogP contribution in [-0.2, 0) is 9.47 Å². The van der Waals surface area contributed by atoms with Crippen LogP contribution in [0, 0.1) is 10.1 Å². The molecule has 0 atom stereocenters. The van der Waals surface area contributed by atoms with Crippen LogP contribution in [0.4, 0.5) is 20.2 Å². The molecule has 1 heterocycles. The minimum absolute atomic E-state index is 0.0606. The first-order valence-electron chi connectivity index (χ1n) is 6.11. The summed E-state index contributed by atoms with van der Waals surface area (Å²) in [6.45, 7) is -0.0763. The summed E-state index contributed by atoms with van der Waals surface area (Å²) < 4.78 is 42.0. The highest BCUT2D eigenvalue weighted by Crippen LogP contribution is 2.39. The van der Waals surface area contributed by atoms with Gasteiger partial charge < -0.3 is 19.5 Å². The number of nitrogens with zero attached hydrogens (tertiary/aromatic N) is 2. The van der Waals surface area contributed by atoms with E-state index in [-0.39, 0.29) is 23.7 Å². The molecular formula is C12H13F2N3O5. The maximum absolute atomic E-state index is 13.9. The fourth-order valence-electron chi connectivity index (χ4n) is 1.75. The Kier molecular flexibility index (Phi) is 4.52. The number of benzene rings is 1. The number of alkyl halides is 2. The van der Waals surface area contributed by atoms with Gasteiger partial charge in [0.25, 0.3) is 5.69 Å². The summed E-state index contributed by atoms with van der Waals surface area (Å²) in [4.78, 5) is 13.7. The predicted molar refractivity (Wildman–Crippen MR) is 71.6 cm³/mol. The third kappa shape index (κ3) is 3.28. The van der Waals surface area contributed by atoms with Gasteiger partial charge in [0, 0.05) is 20.3 Å². The van der Waals surface area contributed by atoms with Crippen molar-refractivity contribution in [1.82, 2.24) is 5.32 Å². The summed E-state index contributed by atoms with van der Waals surface area (Å²) in [5.74, 6) is -1.09. The second-order valence-electron chi connectivity index (χ2n) is 4.27. The maximum Gasteiger partial charge on any atom is 0.460 e. The Bertz CT molecular complexity index is 604. The van der Waals surface area contributed by atoms with E-state index in [0.717, 1.165) is 12.1 Å². The Balaban J connectivity index is 2.25. The van der Waals surface area contributed by atoms with E-state index in [2.05, 4.69) is 15.0 Å². The van der Waals surface area contributed by atoms with E-state index in [1.807, 2.05) is 0 Å². The topological polar surface area (TPSA) is 95.2 Å². The Hall–Kier alpha value is -2.33. The highest BCUT2D eigenvalue weighted by molar-refractivity contribution is 5.92. The molecule has 0 bridgehead atoms. The first-order chi connectivity index (χ1) is 10.4. The van der Waals surface area contributed by atoms with E-state index in [1.54, 1.807) is 0 Å². The van der Waals surface area contributed by atoms with Crippen LogP contribution in [-0.4, -0.2) is 43.9 Å². The molecule has 0 aliphatic carbocycles. The average molecular weight is 317 g/mol. The van der Waals surface area contributed by atoms with Crippen molar-refractivity contribution in [2.75, 3.05) is 20.8 Å². The van der Waals surface area contributed by atoms with Crippen LogP contribution >= 0.6 is 0 Å². The highest BCUT2D eigenvalue weighted by atomic mass is 19.3. The Morgan fingerprint density at radius 3 is 2.73 bits per heavy atom. The number of nitrogens with one attached hydrogen (secondary N) is 1. The van der Waals surface area contributed by atoms with E-state index in [9.17, 15) is 18.9 Å². The van der Waals surface area contributed by atoms with Crippen LogP contribution in [0.15, 0.2) is 23.2 Å². The quantitative estimate of drug-likeness (QED) is 0.505. The number of halogens is 2. The molecule has 1 N–H and O–H groups in total. The number of ether oxygens (including phenoxy) is 3. The number of nitro groups is 1. The van der Waals surface area contributed by atoms with Gasteiger partial charge in [-0.05, 0) is 6.07 Å². The molecule has 1 aliphatic rings. The zero-order valence-electron chi connectivity index (χ0n) is 11.7. The lowest BCUT2D eigenvalue weighted by Gasteiger charge is -2.26. The van der Waals surface area contributed by atoms with Gasteiger partial charge in [-0.2, -0.15) is 8.78 Å². The summed E-state index contributed by atoms with van der Waals surface area (Å²) in [7, 11) is 2.73. The second kappa shape index (κ2) is 6.20. The zero-order valence-corrected chi connectivity index (χ0v) is 11.7. The third-order valence-corrected chi connectivity index (χ3v) is 2.86. The molecule has 8 nitrogen and oxygen atoms in total. The maximum atomic E-state index is 13.9. The fourth-order valence-corrected chi connectivity index (χ4v) is 1.75. The van der Waals surface area contributed by atoms with Gasteiger partial charge in [-0.25, -0.2) is 4.99 Å². The molecule has 0 saturated heterocycles. The monoisotopic (exact) mass is 317 g/mol. The smallest absolute Gasteiger partial charge is 0.424 e. The average Bonchev–Trinajstić information content (AvgIpc) is 2.47. The summed E-state index contributed by atoms with van der Waals surface area (Å²) in [6, 6.07) is 3.28. The van der Waals surface area contributed by atoms with E-state index < -0.39 is 23.2 Å². The summed E-state index contributed by atoms with van der Waals surface area (Å²) in [6.07, 6.45) is -4.48. The molecule has 2 rings (SSSR count). The van der Waals surface area contributed by atoms with Crippen LogP contribution in [0.1, 0.15) is 0 Å². The molecule has 0 spiro atoms. The van der Waals surface area contributed by atoms with Crippen molar-refractivity contribution in [2.24, 2.45) is 4.99 Å². The molecule has 0 amide bonds. The van der Waals surface area contributed by atoms with Crippen LogP contribution in [0.25, 0.3) is 0 Å². The van der Waals surface area contributed by atoms with Crippen molar-refractivity contribution in [3.8, 4) is 5.75 Å². The molecule has 1 aliphatic heterocycles. The number of nitro benzene ring substituents is 1. The molecule has 0 unspecified atom stereocenters. The van der Waals surface area contributed by atoms with E-state index in [4.69, 9.17) is 9.47 Å². The van der Waals surface area contributed by atoms with Crippen molar-refractivity contribution in [3.63, 3.8) is 0 Å². The molecule has 10 heteroatoms. The summed E-state index contributed by atoms with van der Waals surface area (Å²) >= 11 is 0. The molecule has 0 radical (unpaired) electrons. The number of aliphatic imine (C=N–C) groups is 1. The Morgan fingerprint density at radius 1 is 1.45 bits per heavy atom. The number of fused-ring (bicyclic) bond motifs is 1. The second-order valence-corrected chi connectivity index (χ2v) is 4.27. The lowest BCUT2D eigenvalue weighted by Crippen LogP contribution is -2.48. The van der Waals surface area contributed by atoms with Gasteiger partial charge in [0.2, 0.25) is 5.84 Å². The first-order valence-corrected chi connectivity index (χ1v) is 6.11. The van der Waals surface area contributed by atoms with E-state index in [1.165, 1.54) is 20.3 Å². The van der Waals surface area contributed by atoms with Gasteiger partial charge >= 0.3 is 6.11 Å². The lowest BCUT2D eigenvalue weighted by molar-refractivity contribution is -0.385. The van der Waals surface area contributed by atoms with E-state index in [0.29, 0.717) is 0 Å². The lowest BCUT2D eigenvalue weighted by atomic mass is 10.2. The first kappa shape index (κ1) is 16.0. The highest BCUT2D eigenvalue weighted by Gasteiger charge is 2.43. The minimum Gasteiger partial charge on any atom is -0.424 e. The fraction of sp³-hybridized carbons (Fsp3) is 0.417. The van der Waals surface area contributed by atoms with Crippen LogP contribution in [0.3, 0.4) is 0 Å². The zero-order chi connectivity index (χ0) is 16.3. The van der Waals surface area contributed by atoms with Crippen LogP contribution in [0.2, 0.25) is 0 Å². The number of hydrogen-bond donors (Lipinski definition) is 1. The molecule has 1 aromatic carbocycles. The van der Waals surface area contributed by atoms with Crippen molar-refractivity contribution >= 4 is 17.2 Å². The normalized spacial score (nSPS) is 15.8. The molecule has 0 fully saturated rings. The van der Waals surface area contributed by atoms with Crippen molar-refractivity contribution in [2.45, 2.75) is 12.4 Å². The molecule has 1 aromatic rings. The van der Waals surface area contributed by atoms with Gasteiger partial charge in [0.1, 0.15) is 5.69 Å². The van der Waals surface area contributed by atoms with Gasteiger partial charge in [0.05, 0.1) is 17.5 Å². The van der Waals surface area contributed by atoms with Gasteiger partial charge in [-0.1, -0.05) is 0 Å². The largest absolute Gasteiger partial charge is 0.460 e. The number of non-ortho nitro benzene ring substituents is 1. The molecular weight excluding hydrogens is 304 g/mol. The van der Waals surface area contributed by atoms with Gasteiger partial charge in [0.15, 0.2) is 12.0 Å². The van der Waals surface area contributed by atoms with Gasteiger partial charge in [-0.15, -0.1) is 0 Å². The molecule has 0 aromatic heterocycles. The van der Waals surface area contributed by atoms with Crippen molar-refractivity contribution < 1.29 is 27.9 Å². The number of methoxy groups -OCH3 is 2. The number of rotatable bonds is 5. The summed E-state index contributed by atoms with van der Waals surface area (Å²) in [5, 5.41) is 13.0. The van der Waals surface area contributed by atoms with Crippen LogP contribution < -0.4 is 10.1 Å². The SMILES string of the molecule is COC(CNC1=Nc2ccc([N+](=O)[O-])cc2OC1(F)F)OC. The summed E-state index contributed by atoms with van der Waals surface area (Å²) in [5.41, 5.74) is -0.301. The standard InChI is InChI=1S/C12H13F2N3O5/c1-20-10(21-2)6-15-11-12(13,14)22-9-5-7(17(18)19)3-4-8(9)16-11/h3-5,10H,6H2,1-2H3,(H,15,16). The number of hydrogen-bond acceptors (Lipinski definition) is 7. The molecule has 0 saturated carbocycles. The third-order valence-electron chi connectivity index (χ3n) is 2.86. The van der Waals surface area contributed by atoms with Crippen molar-refractivity contribution in [3.05, 3.63) is 28.3 Å². The minimum atomic E-state index is -3.74. The van der Waals surface area contributed by atoms with E-state index >= 15 is 0 Å². The van der Waals surface area contributed by atoms with Crippen molar-refractivity contribution in [1.29, 1.82) is 0 Å². The molecule has 22 heavy (non-hydrogen) atoms. The number of amidine groups is 1. The Labute approximate surface area is 123 Å². The Morgan fingerprint density at radius 2 is 2.14 bits per heavy atom. The predicted octanol–water partition coefficient (Wildman–Crippen LogP) is 1.82. The van der Waals surface area contributed by atoms with Crippen LogP contribution in [0.5, 0.6) is 5.75 Å². The molecule has 120 valence electrons. The van der Waals surface area contributed by atoms with Gasteiger partial charge in [-0.3, -0.25) is 10.1 Å².